The number of nitrogens with zero attached hydrogens (tertiary/aromatic N) is 1. The predicted molar refractivity (Wildman–Crippen MR) is 137 cm³/mol. The van der Waals surface area contributed by atoms with Crippen molar-refractivity contribution in [1.82, 2.24) is 5.31 Å². The molecule has 0 aliphatic heterocycles. The summed E-state index contributed by atoms with van der Waals surface area (Å²) in [6, 6.07) is 0. The van der Waals surface area contributed by atoms with E-state index in [9.17, 15) is 4.21 Å². The standard InChI is InChI=1S/C9H15N.C3H6.C2H5N.2C2H6.C2H4.CH5NO2S.CH4O.4V/c1-5-6-7-8-10-9(2,3)4;2*1-3-2;3*1-2;1-5(3)4-2;1-2;;;;/h1,5-6,10H,8H2,2-4H3;3H,1H2,2H3;1H2,2H3;2*1-2H3;1-2H2;2H2,1H3;2H,1H3;;;;/q-2;;;;;;;;;;;+2/i;2D;;;;;;2D;;;;/hD. The van der Waals surface area contributed by atoms with Crippen LogP contribution in [0.1, 0.15) is 56.7 Å². The van der Waals surface area contributed by atoms with Crippen molar-refractivity contribution in [3.8, 4) is 0 Å². The van der Waals surface area contributed by atoms with Crippen LogP contribution in [0.15, 0.2) is 43.0 Å². The number of hydrogen-bond acceptors (Lipinski definition) is 6. The Hall–Kier alpha value is 0.958. The van der Waals surface area contributed by atoms with Crippen molar-refractivity contribution < 1.29 is 90.6 Å². The van der Waals surface area contributed by atoms with Gasteiger partial charge in [0, 0.05) is 83.0 Å². The summed E-state index contributed by atoms with van der Waals surface area (Å²) in [6.07, 6.45) is 8.79. The Bertz CT molecular complexity index is 388. The van der Waals surface area contributed by atoms with Gasteiger partial charge < -0.3 is 40.2 Å². The third kappa shape index (κ3) is 319. The van der Waals surface area contributed by atoms with Crippen molar-refractivity contribution in [2.24, 2.45) is 10.9 Å². The molecule has 6 nitrogen and oxygen atoms in total. The predicted octanol–water partition coefficient (Wildman–Crippen LogP) is 4.86. The van der Waals surface area contributed by atoms with E-state index in [-0.39, 0.29) is 79.8 Å². The van der Waals surface area contributed by atoms with Crippen molar-refractivity contribution in [3.05, 3.63) is 50.6 Å². The molecular formula is C22H51N3O3SV4. The van der Waals surface area contributed by atoms with Crippen LogP contribution in [-0.2, 0) is 89.6 Å². The Balaban J connectivity index is -0.0000000200. The summed E-state index contributed by atoms with van der Waals surface area (Å²) in [6.45, 7) is 32.3. The van der Waals surface area contributed by atoms with Gasteiger partial charge >= 0.3 is 18.6 Å². The minimum absolute atomic E-state index is 0. The average Bonchev–Trinajstić information content (AvgIpc) is 2.79. The fraction of sp³-hybridized carbons (Fsp3) is 0.591. The smallest absolute Gasteiger partial charge is 0.400 e. The summed E-state index contributed by atoms with van der Waals surface area (Å²) < 4.78 is 32.8. The SMILES string of the molecule is C=C.C=NC.CC.CC.CS(=O)ON.[2H]CC=C.[2H]N(C[C-]=CC=[CH-])C(C)(C)C.[2H]OC.[V+2].[V].[V].[V]. The van der Waals surface area contributed by atoms with Crippen LogP contribution in [0.2, 0.25) is 1.41 Å². The number of nitrogens with one attached hydrogen (secondary N) is 1. The van der Waals surface area contributed by atoms with E-state index < -0.39 is 11.1 Å². The summed E-state index contributed by atoms with van der Waals surface area (Å²) in [4.78, 5) is 3.25. The maximum atomic E-state index is 9.58. The van der Waals surface area contributed by atoms with Gasteiger partial charge in [-0.2, -0.15) is 5.90 Å². The number of hydrogen-bond donors (Lipinski definition) is 3. The summed E-state index contributed by atoms with van der Waals surface area (Å²) in [5, 5.41) is 4.95. The van der Waals surface area contributed by atoms with Gasteiger partial charge in [0.1, 0.15) is 1.41 Å². The molecule has 4 radical (unpaired) electrons. The molecule has 0 aliphatic rings. The number of allylic oxidation sites excluding steroid dienone is 3. The Labute approximate surface area is 262 Å². The molecule has 0 bridgehead atoms. The fourth-order valence-electron chi connectivity index (χ4n) is 0.404. The van der Waals surface area contributed by atoms with E-state index in [1.54, 1.807) is 19.2 Å². The molecule has 0 aliphatic carbocycles. The summed E-state index contributed by atoms with van der Waals surface area (Å²) >= 11 is -1.29. The number of rotatable bonds is 4. The van der Waals surface area contributed by atoms with Crippen LogP contribution in [-0.4, -0.2) is 50.0 Å². The quantitative estimate of drug-likeness (QED) is 0.134. The van der Waals surface area contributed by atoms with E-state index in [1.165, 1.54) is 24.8 Å². The maximum Gasteiger partial charge on any atom is 2.00 e. The van der Waals surface area contributed by atoms with Crippen LogP contribution in [0.3, 0.4) is 0 Å². The minimum Gasteiger partial charge on any atom is -0.400 e. The maximum absolute atomic E-state index is 9.58. The molecule has 0 aromatic carbocycles. The third-order valence-corrected chi connectivity index (χ3v) is 1.27. The molecule has 1 unspecified atom stereocenters. The monoisotopic (exact) mass is 644 g/mol. The molecule has 11 heteroatoms. The zero-order valence-corrected chi connectivity index (χ0v) is 28.8. The van der Waals surface area contributed by atoms with Crippen molar-refractivity contribution >= 4 is 17.8 Å². The molecule has 4 N–H and O–H groups in total. The molecule has 198 valence electrons. The first-order valence-corrected chi connectivity index (χ1v) is 10.3. The van der Waals surface area contributed by atoms with Gasteiger partial charge in [-0.3, -0.25) is 0 Å². The van der Waals surface area contributed by atoms with E-state index in [4.69, 9.17) is 10.8 Å². The molecular weight excluding hydrogens is 590 g/mol. The van der Waals surface area contributed by atoms with Crippen LogP contribution in [0.4, 0.5) is 0 Å². The molecule has 1 atom stereocenters. The first kappa shape index (κ1) is 59.2. The molecule has 0 saturated heterocycles. The molecule has 0 aromatic heterocycles. The molecule has 0 aromatic rings. The summed E-state index contributed by atoms with van der Waals surface area (Å²) in [7, 11) is 2.93. The van der Waals surface area contributed by atoms with Gasteiger partial charge in [0.05, 0.1) is 0 Å². The van der Waals surface area contributed by atoms with Gasteiger partial charge in [-0.15, -0.1) is 19.7 Å². The second-order valence-electron chi connectivity index (χ2n) is 4.15. The fourth-order valence-corrected chi connectivity index (χ4v) is 0.404. The van der Waals surface area contributed by atoms with Crippen LogP contribution < -0.4 is 11.2 Å². The Kier molecular flexibility index (Phi) is 187. The van der Waals surface area contributed by atoms with Gasteiger partial charge in [0.15, 0.2) is 11.1 Å². The van der Waals surface area contributed by atoms with Crippen LogP contribution in [0, 0.1) is 12.7 Å². The van der Waals surface area contributed by atoms with E-state index in [1.807, 2.05) is 48.5 Å². The van der Waals surface area contributed by atoms with E-state index in [0.29, 0.717) is 13.4 Å². The Morgan fingerprint density at radius 1 is 1.30 bits per heavy atom. The minimum atomic E-state index is -1.29. The number of aliphatic hydroxyl groups excluding tert-OH is 1. The number of nitrogens with two attached hydrogens (primary N) is 1. The van der Waals surface area contributed by atoms with Gasteiger partial charge in [0.2, 0.25) is 1.43 Å². The summed E-state index contributed by atoms with van der Waals surface area (Å²) in [5.41, 5.74) is -0.130. The van der Waals surface area contributed by atoms with Crippen molar-refractivity contribution in [2.45, 2.75) is 60.9 Å². The Morgan fingerprint density at radius 2 is 1.55 bits per heavy atom. The summed E-state index contributed by atoms with van der Waals surface area (Å²) in [5.74, 6) is 4.37. The second-order valence-corrected chi connectivity index (χ2v) is 5.15. The Morgan fingerprint density at radius 3 is 1.67 bits per heavy atom. The van der Waals surface area contributed by atoms with Crippen molar-refractivity contribution in [2.75, 3.05) is 27.0 Å². The molecule has 0 spiro atoms. The van der Waals surface area contributed by atoms with Crippen LogP contribution in [0.25, 0.3) is 0 Å². The molecule has 0 amide bonds. The van der Waals surface area contributed by atoms with Crippen LogP contribution in [0.5, 0.6) is 0 Å². The average molecular weight is 645 g/mol. The second kappa shape index (κ2) is 104. The van der Waals surface area contributed by atoms with E-state index in [0.717, 1.165) is 0 Å². The van der Waals surface area contributed by atoms with Crippen LogP contribution >= 0.6 is 0 Å². The van der Waals surface area contributed by atoms with Gasteiger partial charge in [-0.1, -0.05) is 40.3 Å². The first-order chi connectivity index (χ1) is 15.0. The third-order valence-electron chi connectivity index (χ3n) is 0.994. The zero-order valence-electron chi connectivity index (χ0n) is 25.4. The normalized spacial score (nSPS) is 8.79. The molecule has 0 saturated carbocycles. The molecule has 0 rings (SSSR count). The number of aliphatic imine (C=N–C) groups is 1. The van der Waals surface area contributed by atoms with Crippen molar-refractivity contribution in [1.29, 1.82) is 1.43 Å². The van der Waals surface area contributed by atoms with E-state index in [2.05, 4.69) is 52.8 Å². The zero-order chi connectivity index (χ0) is 28.0. The van der Waals surface area contributed by atoms with Gasteiger partial charge in [0.25, 0.3) is 0 Å². The molecule has 0 heterocycles. The van der Waals surface area contributed by atoms with Gasteiger partial charge in [-0.25, -0.2) is 8.49 Å². The number of aliphatic hydroxyl groups is 1. The van der Waals surface area contributed by atoms with Crippen molar-refractivity contribution in [3.63, 3.8) is 0 Å². The van der Waals surface area contributed by atoms with Gasteiger partial charge in [-0.05, 0) is 34.4 Å². The first-order valence-electron chi connectivity index (χ1n) is 10.4. The molecule has 33 heavy (non-hydrogen) atoms. The largest absolute Gasteiger partial charge is 2.00 e. The molecule has 0 fully saturated rings. The van der Waals surface area contributed by atoms with E-state index >= 15 is 0 Å². The topological polar surface area (TPSA) is 96.9 Å².